The fourth-order valence-corrected chi connectivity index (χ4v) is 2.28. The lowest BCUT2D eigenvalue weighted by atomic mass is 10.1. The lowest BCUT2D eigenvalue weighted by Gasteiger charge is -2.18. The molecule has 2 heterocycles. The zero-order chi connectivity index (χ0) is 14.7. The van der Waals surface area contributed by atoms with Crippen LogP contribution in [0.4, 0.5) is 11.4 Å². The number of rotatable bonds is 5. The van der Waals surface area contributed by atoms with Crippen LogP contribution in [0, 0.1) is 0 Å². The van der Waals surface area contributed by atoms with Crippen molar-refractivity contribution in [1.82, 2.24) is 14.8 Å². The molecule has 0 saturated heterocycles. The number of nitrogens with one attached hydrogen (secondary N) is 1. The molecule has 0 saturated carbocycles. The second-order valence-electron chi connectivity index (χ2n) is 5.51. The van der Waals surface area contributed by atoms with E-state index in [9.17, 15) is 0 Å². The van der Waals surface area contributed by atoms with Gasteiger partial charge in [0.1, 0.15) is 0 Å². The smallest absolute Gasteiger partial charge is 0.0766 e. The van der Waals surface area contributed by atoms with Gasteiger partial charge in [0.15, 0.2) is 0 Å². The maximum atomic E-state index is 4.53. The molecule has 0 aliphatic rings. The second kappa shape index (κ2) is 5.94. The molecule has 0 aliphatic heterocycles. The first-order chi connectivity index (χ1) is 9.49. The van der Waals surface area contributed by atoms with Crippen molar-refractivity contribution < 1.29 is 0 Å². The zero-order valence-electron chi connectivity index (χ0n) is 12.9. The number of aryl methyl sites for hydroxylation is 1. The van der Waals surface area contributed by atoms with Gasteiger partial charge >= 0.3 is 0 Å². The Morgan fingerprint density at radius 2 is 2.10 bits per heavy atom. The van der Waals surface area contributed by atoms with Crippen molar-refractivity contribution >= 4 is 11.4 Å². The van der Waals surface area contributed by atoms with E-state index in [1.165, 1.54) is 5.56 Å². The van der Waals surface area contributed by atoms with Crippen LogP contribution in [-0.4, -0.2) is 28.9 Å². The topological polar surface area (TPSA) is 46.0 Å². The molecule has 20 heavy (non-hydrogen) atoms. The second-order valence-corrected chi connectivity index (χ2v) is 5.51. The third-order valence-corrected chi connectivity index (χ3v) is 3.23. The van der Waals surface area contributed by atoms with Gasteiger partial charge in [-0.05, 0) is 12.0 Å². The summed E-state index contributed by atoms with van der Waals surface area (Å²) in [5.41, 5.74) is 4.55. The van der Waals surface area contributed by atoms with Gasteiger partial charge in [0, 0.05) is 45.6 Å². The third kappa shape index (κ3) is 3.10. The first kappa shape index (κ1) is 14.4. The van der Waals surface area contributed by atoms with Crippen LogP contribution in [0.15, 0.2) is 24.7 Å². The van der Waals surface area contributed by atoms with Gasteiger partial charge in [0.2, 0.25) is 0 Å². The third-order valence-electron chi connectivity index (χ3n) is 3.23. The molecule has 0 aliphatic carbocycles. The summed E-state index contributed by atoms with van der Waals surface area (Å²) in [6.07, 6.45) is 5.75. The molecular formula is C15H23N5. The van der Waals surface area contributed by atoms with Gasteiger partial charge in [-0.2, -0.15) is 5.10 Å². The lowest BCUT2D eigenvalue weighted by molar-refractivity contribution is 0.712. The summed E-state index contributed by atoms with van der Waals surface area (Å²) in [6, 6.07) is 2.01. The summed E-state index contributed by atoms with van der Waals surface area (Å²) in [5.74, 6) is 0.426. The van der Waals surface area contributed by atoms with Crippen LogP contribution in [0.3, 0.4) is 0 Å². The maximum absolute atomic E-state index is 4.53. The van der Waals surface area contributed by atoms with E-state index in [1.54, 1.807) is 0 Å². The number of anilines is 2. The number of nitrogens with zero attached hydrogens (tertiary/aromatic N) is 4. The van der Waals surface area contributed by atoms with Gasteiger partial charge in [0.05, 0.1) is 23.3 Å². The molecule has 2 aromatic rings. The molecule has 5 heteroatoms. The Labute approximate surface area is 120 Å². The van der Waals surface area contributed by atoms with E-state index < -0.39 is 0 Å². The molecule has 0 atom stereocenters. The molecule has 1 N–H and O–H groups in total. The van der Waals surface area contributed by atoms with Crippen molar-refractivity contribution in [3.63, 3.8) is 0 Å². The fraction of sp³-hybridized carbons (Fsp3) is 0.467. The van der Waals surface area contributed by atoms with Crippen LogP contribution < -0.4 is 10.2 Å². The van der Waals surface area contributed by atoms with Crippen LogP contribution >= 0.6 is 0 Å². The van der Waals surface area contributed by atoms with E-state index in [0.717, 1.165) is 23.6 Å². The number of aromatic nitrogens is 3. The van der Waals surface area contributed by atoms with Gasteiger partial charge in [-0.1, -0.05) is 13.8 Å². The lowest BCUT2D eigenvalue weighted by Crippen LogP contribution is -2.12. The Morgan fingerprint density at radius 3 is 2.75 bits per heavy atom. The van der Waals surface area contributed by atoms with Gasteiger partial charge in [-0.15, -0.1) is 0 Å². The minimum Gasteiger partial charge on any atom is -0.378 e. The molecule has 5 nitrogen and oxygen atoms in total. The summed E-state index contributed by atoms with van der Waals surface area (Å²) >= 11 is 0. The van der Waals surface area contributed by atoms with Crippen molar-refractivity contribution in [2.24, 2.45) is 7.05 Å². The Kier molecular flexibility index (Phi) is 4.27. The van der Waals surface area contributed by atoms with Crippen LogP contribution in [0.2, 0.25) is 0 Å². The highest BCUT2D eigenvalue weighted by Crippen LogP contribution is 2.24. The van der Waals surface area contributed by atoms with E-state index in [0.29, 0.717) is 5.92 Å². The normalized spacial score (nSPS) is 10.9. The molecule has 0 spiro atoms. The summed E-state index contributed by atoms with van der Waals surface area (Å²) in [5, 5.41) is 7.99. The number of hydrogen-bond donors (Lipinski definition) is 1. The van der Waals surface area contributed by atoms with Gasteiger partial charge in [-0.3, -0.25) is 9.67 Å². The Balaban J connectivity index is 2.17. The van der Waals surface area contributed by atoms with Crippen molar-refractivity contribution in [2.45, 2.75) is 26.3 Å². The molecule has 0 amide bonds. The predicted molar refractivity (Wildman–Crippen MR) is 83.2 cm³/mol. The van der Waals surface area contributed by atoms with Crippen molar-refractivity contribution in [3.8, 4) is 0 Å². The van der Waals surface area contributed by atoms with E-state index in [-0.39, 0.29) is 0 Å². The van der Waals surface area contributed by atoms with Crippen LogP contribution in [0.25, 0.3) is 0 Å². The van der Waals surface area contributed by atoms with Crippen molar-refractivity contribution in [1.29, 1.82) is 0 Å². The monoisotopic (exact) mass is 273 g/mol. The highest BCUT2D eigenvalue weighted by atomic mass is 15.3. The Morgan fingerprint density at radius 1 is 1.35 bits per heavy atom. The first-order valence-electron chi connectivity index (χ1n) is 6.86. The quantitative estimate of drug-likeness (QED) is 0.909. The van der Waals surface area contributed by atoms with E-state index in [1.807, 2.05) is 44.3 Å². The molecule has 2 aromatic heterocycles. The Hall–Kier alpha value is -2.04. The van der Waals surface area contributed by atoms with Crippen molar-refractivity contribution in [3.05, 3.63) is 35.9 Å². The SMILES string of the molecule is CC(C)c1nn(C)cc1CNc1cnccc1N(C)C. The highest BCUT2D eigenvalue weighted by molar-refractivity contribution is 5.68. The predicted octanol–water partition coefficient (Wildman–Crippen LogP) is 2.62. The minimum absolute atomic E-state index is 0.426. The molecule has 0 aromatic carbocycles. The van der Waals surface area contributed by atoms with Gasteiger partial charge in [0.25, 0.3) is 0 Å². The summed E-state index contributed by atoms with van der Waals surface area (Å²) in [6.45, 7) is 5.09. The van der Waals surface area contributed by atoms with Crippen molar-refractivity contribution in [2.75, 3.05) is 24.3 Å². The molecular weight excluding hydrogens is 250 g/mol. The van der Waals surface area contributed by atoms with Gasteiger partial charge in [-0.25, -0.2) is 0 Å². The zero-order valence-corrected chi connectivity index (χ0v) is 12.9. The molecule has 0 unspecified atom stereocenters. The van der Waals surface area contributed by atoms with Crippen LogP contribution in [-0.2, 0) is 13.6 Å². The standard InChI is InChI=1S/C15H23N5/c1-11(2)15-12(10-20(5)18-15)8-17-13-9-16-7-6-14(13)19(3)4/h6-7,9-11,17H,8H2,1-5H3. The van der Waals surface area contributed by atoms with E-state index in [2.05, 4.69) is 40.3 Å². The summed E-state index contributed by atoms with van der Waals surface area (Å²) in [7, 11) is 6.03. The highest BCUT2D eigenvalue weighted by Gasteiger charge is 2.12. The fourth-order valence-electron chi connectivity index (χ4n) is 2.28. The van der Waals surface area contributed by atoms with Crippen LogP contribution in [0.5, 0.6) is 0 Å². The molecule has 0 bridgehead atoms. The van der Waals surface area contributed by atoms with E-state index in [4.69, 9.17) is 0 Å². The Bertz CT molecular complexity index is 571. The average molecular weight is 273 g/mol. The molecule has 2 rings (SSSR count). The molecule has 0 fully saturated rings. The molecule has 108 valence electrons. The number of hydrogen-bond acceptors (Lipinski definition) is 4. The largest absolute Gasteiger partial charge is 0.378 e. The number of pyridine rings is 1. The van der Waals surface area contributed by atoms with Gasteiger partial charge < -0.3 is 10.2 Å². The summed E-state index contributed by atoms with van der Waals surface area (Å²) in [4.78, 5) is 6.27. The van der Waals surface area contributed by atoms with Crippen LogP contribution in [0.1, 0.15) is 31.0 Å². The first-order valence-corrected chi connectivity index (χ1v) is 6.86. The summed E-state index contributed by atoms with van der Waals surface area (Å²) < 4.78 is 1.88. The molecule has 0 radical (unpaired) electrons. The van der Waals surface area contributed by atoms with E-state index >= 15 is 0 Å². The minimum atomic E-state index is 0.426. The maximum Gasteiger partial charge on any atom is 0.0766 e. The average Bonchev–Trinajstić information content (AvgIpc) is 2.78.